The molecule has 0 saturated carbocycles. The standard InChI is InChI=1S/C29H34N2O5S/c1-20-13-14-21(2)24(15-20)29(32)31-17-25(27(18-31)36-5)30(3)23-10-8-9-22(16-23)19-37(33,34)28-12-7-6-11-26(28)35-4/h6-16,25,27H,17-19H2,1-5H3. The number of para-hydroxylation sites is 1. The highest BCUT2D eigenvalue weighted by atomic mass is 32.2. The first kappa shape index (κ1) is 26.7. The van der Waals surface area contributed by atoms with Gasteiger partial charge in [-0.2, -0.15) is 0 Å². The number of benzene rings is 3. The topological polar surface area (TPSA) is 76.2 Å². The number of carbonyl (C=O) groups is 1. The lowest BCUT2D eigenvalue weighted by atomic mass is 10.0. The summed E-state index contributed by atoms with van der Waals surface area (Å²) in [5.74, 6) is 0.180. The molecule has 3 aromatic rings. The van der Waals surface area contributed by atoms with Gasteiger partial charge in [0.25, 0.3) is 5.91 Å². The third kappa shape index (κ3) is 5.65. The van der Waals surface area contributed by atoms with Crippen LogP contribution < -0.4 is 9.64 Å². The van der Waals surface area contributed by atoms with E-state index in [0.717, 1.165) is 16.8 Å². The van der Waals surface area contributed by atoms with E-state index in [1.807, 2.05) is 68.3 Å². The molecule has 3 aromatic carbocycles. The number of anilines is 1. The Hall–Kier alpha value is -3.36. The first-order chi connectivity index (χ1) is 17.6. The molecule has 0 aliphatic carbocycles. The average molecular weight is 523 g/mol. The first-order valence-electron chi connectivity index (χ1n) is 12.2. The number of likely N-dealkylation sites (N-methyl/N-ethyl adjacent to an activating group) is 1. The van der Waals surface area contributed by atoms with E-state index in [9.17, 15) is 13.2 Å². The van der Waals surface area contributed by atoms with Crippen molar-refractivity contribution in [2.45, 2.75) is 36.6 Å². The number of hydrogen-bond donors (Lipinski definition) is 0. The molecule has 1 fully saturated rings. The molecule has 1 aliphatic heterocycles. The number of ether oxygens (including phenoxy) is 2. The second-order valence-electron chi connectivity index (χ2n) is 9.56. The van der Waals surface area contributed by atoms with E-state index < -0.39 is 9.84 Å². The van der Waals surface area contributed by atoms with Crippen LogP contribution in [0.3, 0.4) is 0 Å². The van der Waals surface area contributed by atoms with E-state index in [-0.39, 0.29) is 28.7 Å². The molecule has 196 valence electrons. The van der Waals surface area contributed by atoms with Gasteiger partial charge >= 0.3 is 0 Å². The Balaban J connectivity index is 1.54. The van der Waals surface area contributed by atoms with Gasteiger partial charge in [-0.05, 0) is 55.3 Å². The largest absolute Gasteiger partial charge is 0.495 e. The SMILES string of the molecule is COc1ccccc1S(=O)(=O)Cc1cccc(N(C)C2CN(C(=O)c3cc(C)ccc3C)CC2OC)c1. The number of nitrogens with zero attached hydrogens (tertiary/aromatic N) is 2. The Morgan fingerprint density at radius 1 is 1.00 bits per heavy atom. The molecule has 2 unspecified atom stereocenters. The van der Waals surface area contributed by atoms with E-state index in [4.69, 9.17) is 9.47 Å². The third-order valence-corrected chi connectivity index (χ3v) is 8.75. The van der Waals surface area contributed by atoms with Crippen LogP contribution >= 0.6 is 0 Å². The summed E-state index contributed by atoms with van der Waals surface area (Å²) in [6, 6.07) is 20.0. The maximum Gasteiger partial charge on any atom is 0.254 e. The minimum absolute atomic E-state index is 0.00389. The third-order valence-electron chi connectivity index (χ3n) is 7.03. The lowest BCUT2D eigenvalue weighted by molar-refractivity contribution is 0.0714. The molecular weight excluding hydrogens is 488 g/mol. The summed E-state index contributed by atoms with van der Waals surface area (Å²) in [6.07, 6.45) is -0.181. The van der Waals surface area contributed by atoms with E-state index in [2.05, 4.69) is 4.90 Å². The van der Waals surface area contributed by atoms with Crippen LogP contribution in [-0.4, -0.2) is 65.7 Å². The molecular formula is C29H34N2O5S. The van der Waals surface area contributed by atoms with Gasteiger partial charge in [-0.25, -0.2) is 8.42 Å². The van der Waals surface area contributed by atoms with Crippen LogP contribution in [0, 0.1) is 13.8 Å². The lowest BCUT2D eigenvalue weighted by Gasteiger charge is -2.30. The maximum absolute atomic E-state index is 13.4. The molecule has 0 aromatic heterocycles. The molecule has 4 rings (SSSR count). The highest BCUT2D eigenvalue weighted by Crippen LogP contribution is 2.29. The van der Waals surface area contributed by atoms with Crippen molar-refractivity contribution >= 4 is 21.4 Å². The lowest BCUT2D eigenvalue weighted by Crippen LogP contribution is -2.42. The molecule has 7 nitrogen and oxygen atoms in total. The molecule has 1 aliphatic rings. The number of likely N-dealkylation sites (tertiary alicyclic amines) is 1. The van der Waals surface area contributed by atoms with Gasteiger partial charge in [0.1, 0.15) is 10.6 Å². The number of methoxy groups -OCH3 is 2. The van der Waals surface area contributed by atoms with Gasteiger partial charge in [0, 0.05) is 38.5 Å². The number of amides is 1. The normalized spacial score (nSPS) is 17.6. The van der Waals surface area contributed by atoms with Crippen molar-refractivity contribution in [1.82, 2.24) is 4.90 Å². The van der Waals surface area contributed by atoms with Crippen molar-refractivity contribution in [3.63, 3.8) is 0 Å². The van der Waals surface area contributed by atoms with Gasteiger partial charge < -0.3 is 19.3 Å². The molecule has 2 atom stereocenters. The summed E-state index contributed by atoms with van der Waals surface area (Å²) in [6.45, 7) is 4.92. The fourth-order valence-electron chi connectivity index (χ4n) is 4.89. The zero-order valence-corrected chi connectivity index (χ0v) is 22.8. The zero-order chi connectivity index (χ0) is 26.7. The number of carbonyl (C=O) groups excluding carboxylic acids is 1. The van der Waals surface area contributed by atoms with Crippen LogP contribution in [0.25, 0.3) is 0 Å². The number of aryl methyl sites for hydroxylation is 2. The molecule has 0 radical (unpaired) electrons. The number of rotatable bonds is 8. The second kappa shape index (κ2) is 10.9. The molecule has 0 bridgehead atoms. The molecule has 37 heavy (non-hydrogen) atoms. The van der Waals surface area contributed by atoms with Crippen molar-refractivity contribution in [2.75, 3.05) is 39.3 Å². The van der Waals surface area contributed by atoms with Crippen LogP contribution in [0.1, 0.15) is 27.0 Å². The fraction of sp³-hybridized carbons (Fsp3) is 0.345. The van der Waals surface area contributed by atoms with Crippen LogP contribution in [-0.2, 0) is 20.3 Å². The Kier molecular flexibility index (Phi) is 7.90. The van der Waals surface area contributed by atoms with Crippen LogP contribution in [0.4, 0.5) is 5.69 Å². The van der Waals surface area contributed by atoms with Crippen molar-refractivity contribution in [2.24, 2.45) is 0 Å². The van der Waals surface area contributed by atoms with Gasteiger partial charge in [0.15, 0.2) is 9.84 Å². The Morgan fingerprint density at radius 3 is 2.49 bits per heavy atom. The number of hydrogen-bond acceptors (Lipinski definition) is 6. The highest BCUT2D eigenvalue weighted by Gasteiger charge is 2.38. The van der Waals surface area contributed by atoms with Gasteiger partial charge in [-0.1, -0.05) is 42.0 Å². The highest BCUT2D eigenvalue weighted by molar-refractivity contribution is 7.90. The summed E-state index contributed by atoms with van der Waals surface area (Å²) in [5.41, 5.74) is 4.24. The van der Waals surface area contributed by atoms with E-state index in [1.165, 1.54) is 7.11 Å². The zero-order valence-electron chi connectivity index (χ0n) is 22.0. The Bertz CT molecular complexity index is 1390. The molecule has 1 heterocycles. The maximum atomic E-state index is 13.4. The predicted molar refractivity (Wildman–Crippen MR) is 145 cm³/mol. The Morgan fingerprint density at radius 2 is 1.76 bits per heavy atom. The summed E-state index contributed by atoms with van der Waals surface area (Å²) in [4.78, 5) is 17.4. The minimum atomic E-state index is -3.61. The van der Waals surface area contributed by atoms with Crippen molar-refractivity contribution in [1.29, 1.82) is 0 Å². The summed E-state index contributed by atoms with van der Waals surface area (Å²) in [7, 11) is 1.47. The molecule has 0 N–H and O–H groups in total. The molecule has 0 spiro atoms. The summed E-state index contributed by atoms with van der Waals surface area (Å²) < 4.78 is 37.4. The smallest absolute Gasteiger partial charge is 0.254 e. The van der Waals surface area contributed by atoms with Crippen molar-refractivity contribution in [3.8, 4) is 5.75 Å². The Labute approximate surface area is 219 Å². The fourth-order valence-corrected chi connectivity index (χ4v) is 6.41. The van der Waals surface area contributed by atoms with Crippen molar-refractivity contribution in [3.05, 3.63) is 89.0 Å². The van der Waals surface area contributed by atoms with Gasteiger partial charge in [-0.15, -0.1) is 0 Å². The van der Waals surface area contributed by atoms with E-state index >= 15 is 0 Å². The average Bonchev–Trinajstić information content (AvgIpc) is 3.33. The monoisotopic (exact) mass is 522 g/mol. The van der Waals surface area contributed by atoms with Crippen LogP contribution in [0.2, 0.25) is 0 Å². The quantitative estimate of drug-likeness (QED) is 0.440. The minimum Gasteiger partial charge on any atom is -0.495 e. The van der Waals surface area contributed by atoms with Gasteiger partial charge in [0.05, 0.1) is 25.0 Å². The first-order valence-corrected chi connectivity index (χ1v) is 13.9. The predicted octanol–water partition coefficient (Wildman–Crippen LogP) is 4.26. The van der Waals surface area contributed by atoms with Crippen LogP contribution in [0.15, 0.2) is 71.6 Å². The van der Waals surface area contributed by atoms with Crippen molar-refractivity contribution < 1.29 is 22.7 Å². The second-order valence-corrected chi connectivity index (χ2v) is 11.5. The summed E-state index contributed by atoms with van der Waals surface area (Å²) in [5, 5.41) is 0. The molecule has 1 amide bonds. The number of sulfone groups is 1. The van der Waals surface area contributed by atoms with E-state index in [1.54, 1.807) is 31.4 Å². The van der Waals surface area contributed by atoms with Crippen LogP contribution in [0.5, 0.6) is 5.75 Å². The molecule has 1 saturated heterocycles. The van der Waals surface area contributed by atoms with E-state index in [0.29, 0.717) is 30.0 Å². The summed E-state index contributed by atoms with van der Waals surface area (Å²) >= 11 is 0. The van der Waals surface area contributed by atoms with Gasteiger partial charge in [-0.3, -0.25) is 4.79 Å². The molecule has 8 heteroatoms. The van der Waals surface area contributed by atoms with Gasteiger partial charge in [0.2, 0.25) is 0 Å².